The van der Waals surface area contributed by atoms with Crippen molar-refractivity contribution in [2.45, 2.75) is 38.7 Å². The second kappa shape index (κ2) is 6.69. The van der Waals surface area contributed by atoms with Crippen LogP contribution in [0.3, 0.4) is 0 Å². The first-order chi connectivity index (χ1) is 10.6. The zero-order valence-electron chi connectivity index (χ0n) is 13.2. The van der Waals surface area contributed by atoms with Crippen molar-refractivity contribution in [3.63, 3.8) is 0 Å². The minimum atomic E-state index is -0.353. The molecule has 1 aromatic rings. The molecule has 120 valence electrons. The van der Waals surface area contributed by atoms with Crippen LogP contribution in [0.5, 0.6) is 5.75 Å². The minimum absolute atomic E-state index is 0.0547. The normalized spacial score (nSPS) is 23.2. The summed E-state index contributed by atoms with van der Waals surface area (Å²) >= 11 is 0. The van der Waals surface area contributed by atoms with E-state index in [0.29, 0.717) is 12.1 Å². The van der Waals surface area contributed by atoms with Crippen LogP contribution in [0, 0.1) is 11.8 Å². The second-order valence-corrected chi connectivity index (χ2v) is 6.67. The van der Waals surface area contributed by atoms with Gasteiger partial charge in [-0.1, -0.05) is 0 Å². The number of ether oxygens (including phenoxy) is 1. The van der Waals surface area contributed by atoms with E-state index >= 15 is 0 Å². The number of hydrogen-bond donors (Lipinski definition) is 1. The third kappa shape index (κ3) is 3.80. The summed E-state index contributed by atoms with van der Waals surface area (Å²) in [6.45, 7) is 4.03. The molecule has 1 aliphatic carbocycles. The summed E-state index contributed by atoms with van der Waals surface area (Å²) < 4.78 is 5.70. The molecule has 3 rings (SSSR count). The van der Waals surface area contributed by atoms with Crippen LogP contribution in [-0.2, 0) is 0 Å². The molecule has 1 heterocycles. The number of rotatable bonds is 5. The lowest BCUT2D eigenvalue weighted by atomic mass is 9.93. The Morgan fingerprint density at radius 1 is 1.32 bits per heavy atom. The molecule has 2 aliphatic rings. The standard InChI is InChI=1S/C18H25NO3/c1-13(20)16-3-2-10-19(11-16)18(21)15-6-8-17(9-7-15)22-12-14-4-5-14/h6-9,13-14,16,20H,2-5,10-12H2,1H3. The van der Waals surface area contributed by atoms with E-state index in [0.717, 1.165) is 37.7 Å². The lowest BCUT2D eigenvalue weighted by Gasteiger charge is -2.34. The van der Waals surface area contributed by atoms with Gasteiger partial charge in [0.25, 0.3) is 5.91 Å². The first-order valence-corrected chi connectivity index (χ1v) is 8.33. The number of carbonyl (C=O) groups excluding carboxylic acids is 1. The number of likely N-dealkylation sites (tertiary alicyclic amines) is 1. The van der Waals surface area contributed by atoms with Crippen LogP contribution < -0.4 is 4.74 Å². The summed E-state index contributed by atoms with van der Waals surface area (Å²) in [5.41, 5.74) is 0.699. The molecule has 4 heteroatoms. The van der Waals surface area contributed by atoms with E-state index in [9.17, 15) is 9.90 Å². The highest BCUT2D eigenvalue weighted by Crippen LogP contribution is 2.29. The zero-order chi connectivity index (χ0) is 15.5. The highest BCUT2D eigenvalue weighted by molar-refractivity contribution is 5.94. The van der Waals surface area contributed by atoms with Crippen LogP contribution in [0.2, 0.25) is 0 Å². The van der Waals surface area contributed by atoms with Crippen molar-refractivity contribution in [3.8, 4) is 5.75 Å². The molecular weight excluding hydrogens is 278 g/mol. The Kier molecular flexibility index (Phi) is 4.67. The Morgan fingerprint density at radius 3 is 2.68 bits per heavy atom. The van der Waals surface area contributed by atoms with Crippen LogP contribution in [-0.4, -0.2) is 41.7 Å². The first kappa shape index (κ1) is 15.3. The Labute approximate surface area is 132 Å². The number of amides is 1. The van der Waals surface area contributed by atoms with E-state index in [2.05, 4.69) is 0 Å². The molecule has 1 amide bonds. The molecule has 0 radical (unpaired) electrons. The number of piperidine rings is 1. The van der Waals surface area contributed by atoms with Crippen LogP contribution in [0.1, 0.15) is 43.0 Å². The minimum Gasteiger partial charge on any atom is -0.493 e. The van der Waals surface area contributed by atoms with E-state index in [1.165, 1.54) is 12.8 Å². The van der Waals surface area contributed by atoms with E-state index < -0.39 is 0 Å². The highest BCUT2D eigenvalue weighted by atomic mass is 16.5. The quantitative estimate of drug-likeness (QED) is 0.910. The smallest absolute Gasteiger partial charge is 0.253 e. The fraction of sp³-hybridized carbons (Fsp3) is 0.611. The summed E-state index contributed by atoms with van der Waals surface area (Å²) in [4.78, 5) is 14.4. The van der Waals surface area contributed by atoms with Gasteiger partial charge in [-0.15, -0.1) is 0 Å². The molecule has 1 N–H and O–H groups in total. The topological polar surface area (TPSA) is 49.8 Å². The van der Waals surface area contributed by atoms with Gasteiger partial charge in [0, 0.05) is 24.6 Å². The zero-order valence-corrected chi connectivity index (χ0v) is 13.2. The van der Waals surface area contributed by atoms with Crippen molar-refractivity contribution in [1.29, 1.82) is 0 Å². The number of nitrogens with zero attached hydrogens (tertiary/aromatic N) is 1. The van der Waals surface area contributed by atoms with Gasteiger partial charge in [-0.25, -0.2) is 0 Å². The van der Waals surface area contributed by atoms with Crippen molar-refractivity contribution in [2.75, 3.05) is 19.7 Å². The van der Waals surface area contributed by atoms with Gasteiger partial charge in [0.1, 0.15) is 5.75 Å². The molecular formula is C18H25NO3. The molecule has 1 aromatic carbocycles. The average molecular weight is 303 g/mol. The second-order valence-electron chi connectivity index (χ2n) is 6.67. The molecule has 4 nitrogen and oxygen atoms in total. The Balaban J connectivity index is 1.58. The van der Waals surface area contributed by atoms with Crippen LogP contribution in [0.15, 0.2) is 24.3 Å². The third-order valence-corrected chi connectivity index (χ3v) is 4.71. The Morgan fingerprint density at radius 2 is 2.05 bits per heavy atom. The maximum Gasteiger partial charge on any atom is 0.253 e. The summed E-state index contributed by atoms with van der Waals surface area (Å²) in [5, 5.41) is 9.74. The van der Waals surface area contributed by atoms with Gasteiger partial charge in [-0.2, -0.15) is 0 Å². The Hall–Kier alpha value is -1.55. The SMILES string of the molecule is CC(O)C1CCCN(C(=O)c2ccc(OCC3CC3)cc2)C1. The van der Waals surface area contributed by atoms with Crippen molar-refractivity contribution >= 4 is 5.91 Å². The maximum atomic E-state index is 12.6. The molecule has 0 bridgehead atoms. The Bertz CT molecular complexity index is 508. The van der Waals surface area contributed by atoms with E-state index in [1.807, 2.05) is 36.1 Å². The average Bonchev–Trinajstić information content (AvgIpc) is 3.37. The van der Waals surface area contributed by atoms with Gasteiger partial charge in [-0.3, -0.25) is 4.79 Å². The molecule has 1 saturated heterocycles. The number of benzene rings is 1. The lowest BCUT2D eigenvalue weighted by molar-refractivity contribution is 0.0466. The van der Waals surface area contributed by atoms with E-state index in [-0.39, 0.29) is 17.9 Å². The number of hydrogen-bond acceptors (Lipinski definition) is 3. The summed E-state index contributed by atoms with van der Waals surface area (Å²) in [5.74, 6) is 1.81. The predicted octanol–water partition coefficient (Wildman–Crippen LogP) is 2.71. The van der Waals surface area contributed by atoms with Gasteiger partial charge in [0.2, 0.25) is 0 Å². The molecule has 1 aliphatic heterocycles. The van der Waals surface area contributed by atoms with Crippen molar-refractivity contribution in [1.82, 2.24) is 4.90 Å². The predicted molar refractivity (Wildman–Crippen MR) is 85.0 cm³/mol. The monoisotopic (exact) mass is 303 g/mol. The number of aliphatic hydroxyl groups is 1. The lowest BCUT2D eigenvalue weighted by Crippen LogP contribution is -2.42. The molecule has 0 aromatic heterocycles. The summed E-state index contributed by atoms with van der Waals surface area (Å²) in [6.07, 6.45) is 4.15. The van der Waals surface area contributed by atoms with Crippen molar-refractivity contribution in [3.05, 3.63) is 29.8 Å². The number of carbonyl (C=O) groups is 1. The molecule has 2 unspecified atom stereocenters. The van der Waals surface area contributed by atoms with Gasteiger partial charge in [-0.05, 0) is 62.8 Å². The van der Waals surface area contributed by atoms with E-state index in [4.69, 9.17) is 4.74 Å². The van der Waals surface area contributed by atoms with Gasteiger partial charge < -0.3 is 14.7 Å². The van der Waals surface area contributed by atoms with Gasteiger partial charge >= 0.3 is 0 Å². The van der Waals surface area contributed by atoms with Crippen molar-refractivity contribution < 1.29 is 14.6 Å². The molecule has 2 atom stereocenters. The fourth-order valence-corrected chi connectivity index (χ4v) is 2.96. The number of aliphatic hydroxyl groups excluding tert-OH is 1. The maximum absolute atomic E-state index is 12.6. The van der Waals surface area contributed by atoms with E-state index in [1.54, 1.807) is 0 Å². The van der Waals surface area contributed by atoms with Crippen LogP contribution in [0.25, 0.3) is 0 Å². The largest absolute Gasteiger partial charge is 0.493 e. The van der Waals surface area contributed by atoms with Crippen LogP contribution >= 0.6 is 0 Å². The molecule has 0 spiro atoms. The molecule has 1 saturated carbocycles. The molecule has 22 heavy (non-hydrogen) atoms. The first-order valence-electron chi connectivity index (χ1n) is 8.33. The third-order valence-electron chi connectivity index (χ3n) is 4.71. The van der Waals surface area contributed by atoms with Crippen molar-refractivity contribution in [2.24, 2.45) is 11.8 Å². The summed E-state index contributed by atoms with van der Waals surface area (Å²) in [7, 11) is 0. The highest BCUT2D eigenvalue weighted by Gasteiger charge is 2.27. The van der Waals surface area contributed by atoms with Crippen LogP contribution in [0.4, 0.5) is 0 Å². The van der Waals surface area contributed by atoms with Gasteiger partial charge in [0.05, 0.1) is 12.7 Å². The van der Waals surface area contributed by atoms with Gasteiger partial charge in [0.15, 0.2) is 0 Å². The summed E-state index contributed by atoms with van der Waals surface area (Å²) in [6, 6.07) is 7.45. The fourth-order valence-electron chi connectivity index (χ4n) is 2.96. The molecule has 2 fully saturated rings.